The van der Waals surface area contributed by atoms with Gasteiger partial charge in [-0.2, -0.15) is 4.31 Å². The van der Waals surface area contributed by atoms with Gasteiger partial charge in [0.05, 0.1) is 13.0 Å². The maximum absolute atomic E-state index is 12.1. The van der Waals surface area contributed by atoms with Crippen LogP contribution in [-0.2, 0) is 19.6 Å². The molecule has 0 saturated carbocycles. The Hall–Kier alpha value is -1.66. The largest absolute Gasteiger partial charge is 0.469 e. The molecule has 0 aromatic heterocycles. The zero-order valence-electron chi connectivity index (χ0n) is 11.2. The van der Waals surface area contributed by atoms with E-state index in [9.17, 15) is 13.2 Å². The minimum absolute atomic E-state index is 0.189. The van der Waals surface area contributed by atoms with Gasteiger partial charge in [0, 0.05) is 18.5 Å². The number of nitrogens with zero attached hydrogens (tertiary/aromatic N) is 1. The Balaban J connectivity index is 2.05. The summed E-state index contributed by atoms with van der Waals surface area (Å²) in [5, 5.41) is 1.18. The van der Waals surface area contributed by atoms with Crippen LogP contribution in [-0.4, -0.2) is 38.9 Å². The van der Waals surface area contributed by atoms with E-state index in [0.29, 0.717) is 13.0 Å². The second-order valence-electron chi connectivity index (χ2n) is 4.63. The van der Waals surface area contributed by atoms with Crippen LogP contribution in [0.4, 0.5) is 0 Å². The number of ether oxygens (including phenoxy) is 1. The molecule has 0 amide bonds. The van der Waals surface area contributed by atoms with Crippen molar-refractivity contribution in [1.29, 1.82) is 0 Å². The van der Waals surface area contributed by atoms with E-state index in [-0.39, 0.29) is 18.4 Å². The molecule has 1 aromatic rings. The van der Waals surface area contributed by atoms with E-state index < -0.39 is 10.0 Å². The fourth-order valence-corrected chi connectivity index (χ4v) is 3.38. The first-order valence-electron chi connectivity index (χ1n) is 6.34. The molecule has 6 heteroatoms. The van der Waals surface area contributed by atoms with E-state index in [1.165, 1.54) is 16.8 Å². The molecule has 1 aliphatic rings. The molecule has 1 atom stereocenters. The first kappa shape index (κ1) is 14.7. The molecule has 0 radical (unpaired) electrons. The second-order valence-corrected chi connectivity index (χ2v) is 6.44. The Morgan fingerprint density at radius 1 is 1.35 bits per heavy atom. The number of rotatable bonds is 4. The highest BCUT2D eigenvalue weighted by Gasteiger charge is 2.34. The molecule has 0 bridgehead atoms. The SMILES string of the molecule is COC(=O)C1CCN(S(=O)(=O)/C=C/c2ccccc2)C1. The lowest BCUT2D eigenvalue weighted by Gasteiger charge is -2.13. The van der Waals surface area contributed by atoms with Crippen molar-refractivity contribution in [1.82, 2.24) is 4.31 Å². The van der Waals surface area contributed by atoms with Gasteiger partial charge in [-0.15, -0.1) is 0 Å². The van der Waals surface area contributed by atoms with Gasteiger partial charge in [0.2, 0.25) is 10.0 Å². The third-order valence-corrected chi connectivity index (χ3v) is 4.81. The molecule has 0 spiro atoms. The Morgan fingerprint density at radius 2 is 2.05 bits per heavy atom. The minimum Gasteiger partial charge on any atom is -0.469 e. The van der Waals surface area contributed by atoms with E-state index in [2.05, 4.69) is 4.74 Å². The maximum atomic E-state index is 12.1. The number of esters is 1. The average molecular weight is 295 g/mol. The van der Waals surface area contributed by atoms with Crippen LogP contribution in [0.25, 0.3) is 6.08 Å². The van der Waals surface area contributed by atoms with Gasteiger partial charge in [-0.05, 0) is 18.1 Å². The fourth-order valence-electron chi connectivity index (χ4n) is 2.13. The Labute approximate surface area is 118 Å². The molecule has 1 unspecified atom stereocenters. The summed E-state index contributed by atoms with van der Waals surface area (Å²) in [6.45, 7) is 0.537. The van der Waals surface area contributed by atoms with Crippen molar-refractivity contribution in [3.63, 3.8) is 0 Å². The third kappa shape index (κ3) is 3.46. The zero-order chi connectivity index (χ0) is 14.6. The van der Waals surface area contributed by atoms with Crippen LogP contribution in [0.1, 0.15) is 12.0 Å². The van der Waals surface area contributed by atoms with Crippen LogP contribution in [0, 0.1) is 5.92 Å². The van der Waals surface area contributed by atoms with Crippen LogP contribution in [0.2, 0.25) is 0 Å². The standard InChI is InChI=1S/C14H17NO4S/c1-19-14(16)13-7-9-15(11-13)20(17,18)10-8-12-5-3-2-4-6-12/h2-6,8,10,13H,7,9,11H2,1H3/b10-8+. The lowest BCUT2D eigenvalue weighted by Crippen LogP contribution is -2.28. The van der Waals surface area contributed by atoms with Gasteiger partial charge in [0.25, 0.3) is 0 Å². The van der Waals surface area contributed by atoms with Crippen LogP contribution in [0.5, 0.6) is 0 Å². The second kappa shape index (κ2) is 6.19. The van der Waals surface area contributed by atoms with Crippen LogP contribution in [0.3, 0.4) is 0 Å². The van der Waals surface area contributed by atoms with Crippen LogP contribution < -0.4 is 0 Å². The number of methoxy groups -OCH3 is 1. The lowest BCUT2D eigenvalue weighted by atomic mass is 10.1. The van der Waals surface area contributed by atoms with E-state index in [1.807, 2.05) is 30.3 Å². The summed E-state index contributed by atoms with van der Waals surface area (Å²) in [6, 6.07) is 9.21. The monoisotopic (exact) mass is 295 g/mol. The fraction of sp³-hybridized carbons (Fsp3) is 0.357. The van der Waals surface area contributed by atoms with Gasteiger partial charge in [-0.3, -0.25) is 4.79 Å². The van der Waals surface area contributed by atoms with Gasteiger partial charge >= 0.3 is 5.97 Å². The van der Waals surface area contributed by atoms with Crippen molar-refractivity contribution in [2.45, 2.75) is 6.42 Å². The van der Waals surface area contributed by atoms with Crippen molar-refractivity contribution >= 4 is 22.1 Å². The molecule has 5 nitrogen and oxygen atoms in total. The molecule has 1 fully saturated rings. The Morgan fingerprint density at radius 3 is 2.70 bits per heavy atom. The Kier molecular flexibility index (Phi) is 4.57. The molecule has 0 N–H and O–H groups in total. The molecule has 2 rings (SSSR count). The normalized spacial score (nSPS) is 20.4. The summed E-state index contributed by atoms with van der Waals surface area (Å²) in [5.41, 5.74) is 0.819. The molecule has 108 valence electrons. The van der Waals surface area contributed by atoms with E-state index >= 15 is 0 Å². The van der Waals surface area contributed by atoms with E-state index in [0.717, 1.165) is 5.56 Å². The van der Waals surface area contributed by atoms with Crippen molar-refractivity contribution in [3.8, 4) is 0 Å². The molecule has 1 aromatic carbocycles. The van der Waals surface area contributed by atoms with Crippen molar-refractivity contribution in [3.05, 3.63) is 41.3 Å². The van der Waals surface area contributed by atoms with Crippen molar-refractivity contribution < 1.29 is 17.9 Å². The summed E-state index contributed by atoms with van der Waals surface area (Å²) in [4.78, 5) is 11.4. The first-order valence-corrected chi connectivity index (χ1v) is 7.84. The molecular weight excluding hydrogens is 278 g/mol. The van der Waals surface area contributed by atoms with Crippen molar-refractivity contribution in [2.24, 2.45) is 5.92 Å². The maximum Gasteiger partial charge on any atom is 0.310 e. The molecule has 1 aliphatic heterocycles. The van der Waals surface area contributed by atoms with E-state index in [4.69, 9.17) is 0 Å². The van der Waals surface area contributed by atoms with Gasteiger partial charge in [-0.1, -0.05) is 30.3 Å². The molecular formula is C14H17NO4S. The van der Waals surface area contributed by atoms with Crippen molar-refractivity contribution in [2.75, 3.05) is 20.2 Å². The van der Waals surface area contributed by atoms with E-state index in [1.54, 1.807) is 6.08 Å². The summed E-state index contributed by atoms with van der Waals surface area (Å²) in [6.07, 6.45) is 2.06. The molecule has 20 heavy (non-hydrogen) atoms. The van der Waals surface area contributed by atoms with Gasteiger partial charge in [-0.25, -0.2) is 8.42 Å². The van der Waals surface area contributed by atoms with Gasteiger partial charge in [0.1, 0.15) is 0 Å². The highest BCUT2D eigenvalue weighted by atomic mass is 32.2. The number of hydrogen-bond donors (Lipinski definition) is 0. The summed E-state index contributed by atoms with van der Waals surface area (Å²) in [7, 11) is -2.17. The zero-order valence-corrected chi connectivity index (χ0v) is 12.0. The number of hydrogen-bond acceptors (Lipinski definition) is 4. The molecule has 1 heterocycles. The quantitative estimate of drug-likeness (QED) is 0.789. The number of carbonyl (C=O) groups excluding carboxylic acids is 1. The average Bonchev–Trinajstić information content (AvgIpc) is 2.96. The highest BCUT2D eigenvalue weighted by Crippen LogP contribution is 2.21. The third-order valence-electron chi connectivity index (χ3n) is 3.28. The highest BCUT2D eigenvalue weighted by molar-refractivity contribution is 7.92. The Bertz CT molecular complexity index is 595. The summed E-state index contributed by atoms with van der Waals surface area (Å²) in [5.74, 6) is -0.713. The van der Waals surface area contributed by atoms with Crippen LogP contribution >= 0.6 is 0 Å². The predicted octanol–water partition coefficient (Wildman–Crippen LogP) is 1.48. The number of carbonyl (C=O) groups is 1. The summed E-state index contributed by atoms with van der Waals surface area (Å²) >= 11 is 0. The first-order chi connectivity index (χ1) is 9.53. The molecule has 0 aliphatic carbocycles. The molecule has 1 saturated heterocycles. The van der Waals surface area contributed by atoms with Gasteiger partial charge in [0.15, 0.2) is 0 Å². The predicted molar refractivity (Wildman–Crippen MR) is 76.1 cm³/mol. The topological polar surface area (TPSA) is 63.7 Å². The van der Waals surface area contributed by atoms with Gasteiger partial charge < -0.3 is 4.74 Å². The lowest BCUT2D eigenvalue weighted by molar-refractivity contribution is -0.144. The number of sulfonamides is 1. The van der Waals surface area contributed by atoms with Crippen LogP contribution in [0.15, 0.2) is 35.7 Å². The number of benzene rings is 1. The smallest absolute Gasteiger partial charge is 0.310 e. The minimum atomic E-state index is -3.49. The summed E-state index contributed by atoms with van der Waals surface area (Å²) < 4.78 is 30.3.